The zero-order valence-corrected chi connectivity index (χ0v) is 16.1. The molecule has 3 rings (SSSR count). The van der Waals surface area contributed by atoms with Crippen LogP contribution in [0.15, 0.2) is 65.7 Å². The Labute approximate surface area is 161 Å². The van der Waals surface area contributed by atoms with Crippen molar-refractivity contribution in [2.75, 3.05) is 38.7 Å². The van der Waals surface area contributed by atoms with Gasteiger partial charge in [0.15, 0.2) is 5.96 Å². The van der Waals surface area contributed by atoms with Crippen LogP contribution in [-0.2, 0) is 13.0 Å². The zero-order chi connectivity index (χ0) is 18.9. The number of rotatable bonds is 7. The smallest absolute Gasteiger partial charge is 0.191 e. The molecule has 0 saturated heterocycles. The first-order valence-corrected chi connectivity index (χ1v) is 9.35. The first kappa shape index (κ1) is 18.8. The van der Waals surface area contributed by atoms with E-state index in [1.165, 1.54) is 16.8 Å². The molecule has 0 aliphatic carbocycles. The summed E-state index contributed by atoms with van der Waals surface area (Å²) < 4.78 is 5.19. The molecule has 2 aromatic rings. The molecule has 0 saturated carbocycles. The fourth-order valence-electron chi connectivity index (χ4n) is 3.08. The van der Waals surface area contributed by atoms with Gasteiger partial charge in [0.25, 0.3) is 0 Å². The van der Waals surface area contributed by atoms with Crippen molar-refractivity contribution in [2.45, 2.75) is 13.0 Å². The second-order valence-corrected chi connectivity index (χ2v) is 6.50. The van der Waals surface area contributed by atoms with Gasteiger partial charge < -0.3 is 20.3 Å². The van der Waals surface area contributed by atoms with E-state index < -0.39 is 0 Å². The molecule has 5 heteroatoms. The molecule has 0 fully saturated rings. The first-order valence-electron chi connectivity index (χ1n) is 9.35. The predicted molar refractivity (Wildman–Crippen MR) is 113 cm³/mol. The SMILES string of the molecule is CN=C(NCCc1ccc(OC)cc1)NCc1cccc(N2CC=CC2)c1. The third-order valence-electron chi connectivity index (χ3n) is 4.64. The summed E-state index contributed by atoms with van der Waals surface area (Å²) in [7, 11) is 3.49. The Kier molecular flexibility index (Phi) is 6.74. The summed E-state index contributed by atoms with van der Waals surface area (Å²) in [5.74, 6) is 1.70. The van der Waals surface area contributed by atoms with Gasteiger partial charge in [-0.1, -0.05) is 36.4 Å². The van der Waals surface area contributed by atoms with Gasteiger partial charge >= 0.3 is 0 Å². The maximum absolute atomic E-state index is 5.19. The molecule has 1 heterocycles. The van der Waals surface area contributed by atoms with Gasteiger partial charge in [-0.2, -0.15) is 0 Å². The summed E-state index contributed by atoms with van der Waals surface area (Å²) in [6, 6.07) is 16.8. The number of guanidine groups is 1. The molecule has 0 bridgehead atoms. The van der Waals surface area contributed by atoms with Crippen LogP contribution < -0.4 is 20.3 Å². The molecule has 0 aromatic heterocycles. The van der Waals surface area contributed by atoms with Gasteiger partial charge in [-0.15, -0.1) is 0 Å². The van der Waals surface area contributed by atoms with Gasteiger partial charge in [-0.3, -0.25) is 4.99 Å². The fraction of sp³-hybridized carbons (Fsp3) is 0.318. The van der Waals surface area contributed by atoms with Gasteiger partial charge in [-0.05, 0) is 41.8 Å². The Hall–Kier alpha value is -2.95. The second kappa shape index (κ2) is 9.67. The Morgan fingerprint density at radius 2 is 1.81 bits per heavy atom. The number of aliphatic imine (C=N–C) groups is 1. The molecule has 0 amide bonds. The van der Waals surface area contributed by atoms with Crippen LogP contribution in [0.4, 0.5) is 5.69 Å². The van der Waals surface area contributed by atoms with Crippen molar-refractivity contribution in [3.05, 3.63) is 71.8 Å². The van der Waals surface area contributed by atoms with Crippen LogP contribution in [0.25, 0.3) is 0 Å². The summed E-state index contributed by atoms with van der Waals surface area (Å²) in [6.07, 6.45) is 5.35. The number of hydrogen-bond acceptors (Lipinski definition) is 3. The van der Waals surface area contributed by atoms with E-state index in [0.717, 1.165) is 44.3 Å². The van der Waals surface area contributed by atoms with Crippen molar-refractivity contribution in [1.29, 1.82) is 0 Å². The molecule has 5 nitrogen and oxygen atoms in total. The number of ether oxygens (including phenoxy) is 1. The minimum Gasteiger partial charge on any atom is -0.497 e. The highest BCUT2D eigenvalue weighted by Gasteiger charge is 2.08. The summed E-state index contributed by atoms with van der Waals surface area (Å²) >= 11 is 0. The van der Waals surface area contributed by atoms with Crippen LogP contribution in [0, 0.1) is 0 Å². The third-order valence-corrected chi connectivity index (χ3v) is 4.64. The quantitative estimate of drug-likeness (QED) is 0.451. The van der Waals surface area contributed by atoms with E-state index in [1.807, 2.05) is 12.1 Å². The van der Waals surface area contributed by atoms with Crippen molar-refractivity contribution in [1.82, 2.24) is 10.6 Å². The highest BCUT2D eigenvalue weighted by molar-refractivity contribution is 5.79. The van der Waals surface area contributed by atoms with Crippen molar-refractivity contribution >= 4 is 11.6 Å². The normalized spacial score (nSPS) is 13.7. The van der Waals surface area contributed by atoms with Gasteiger partial charge in [0.05, 0.1) is 7.11 Å². The largest absolute Gasteiger partial charge is 0.497 e. The van der Waals surface area contributed by atoms with E-state index in [-0.39, 0.29) is 0 Å². The standard InChI is InChI=1S/C22H28N4O/c1-23-22(24-13-12-18-8-10-21(27-2)11-9-18)25-17-19-6-5-7-20(16-19)26-14-3-4-15-26/h3-11,16H,12-15,17H2,1-2H3,(H2,23,24,25). The van der Waals surface area contributed by atoms with Crippen LogP contribution in [-0.4, -0.2) is 39.8 Å². The highest BCUT2D eigenvalue weighted by atomic mass is 16.5. The van der Waals surface area contributed by atoms with Gasteiger partial charge in [0.1, 0.15) is 5.75 Å². The average Bonchev–Trinajstić information content (AvgIpc) is 3.26. The lowest BCUT2D eigenvalue weighted by atomic mass is 10.1. The minimum atomic E-state index is 0.747. The average molecular weight is 364 g/mol. The molecule has 0 radical (unpaired) electrons. The lowest BCUT2D eigenvalue weighted by molar-refractivity contribution is 0.414. The van der Waals surface area contributed by atoms with Crippen LogP contribution in [0.1, 0.15) is 11.1 Å². The van der Waals surface area contributed by atoms with Gasteiger partial charge in [0.2, 0.25) is 0 Å². The molecule has 0 spiro atoms. The molecule has 142 valence electrons. The molecule has 2 aromatic carbocycles. The minimum absolute atomic E-state index is 0.747. The van der Waals surface area contributed by atoms with E-state index in [0.29, 0.717) is 0 Å². The van der Waals surface area contributed by atoms with E-state index in [4.69, 9.17) is 4.74 Å². The third kappa shape index (κ3) is 5.51. The summed E-state index contributed by atoms with van der Waals surface area (Å²) in [6.45, 7) is 3.56. The molecule has 0 atom stereocenters. The maximum atomic E-state index is 5.19. The first-order chi connectivity index (χ1) is 13.3. The fourth-order valence-corrected chi connectivity index (χ4v) is 3.08. The van der Waals surface area contributed by atoms with Crippen molar-refractivity contribution in [2.24, 2.45) is 4.99 Å². The molecular formula is C22H28N4O. The predicted octanol–water partition coefficient (Wildman–Crippen LogP) is 2.98. The number of benzene rings is 2. The number of hydrogen-bond donors (Lipinski definition) is 2. The highest BCUT2D eigenvalue weighted by Crippen LogP contribution is 2.18. The summed E-state index contributed by atoms with van der Waals surface area (Å²) in [4.78, 5) is 6.67. The molecule has 1 aliphatic rings. The van der Waals surface area contributed by atoms with Crippen molar-refractivity contribution in [3.63, 3.8) is 0 Å². The summed E-state index contributed by atoms with van der Waals surface area (Å²) in [5.41, 5.74) is 3.78. The number of nitrogens with one attached hydrogen (secondary N) is 2. The Morgan fingerprint density at radius 1 is 1.04 bits per heavy atom. The van der Waals surface area contributed by atoms with E-state index in [1.54, 1.807) is 14.2 Å². The Morgan fingerprint density at radius 3 is 2.52 bits per heavy atom. The zero-order valence-electron chi connectivity index (χ0n) is 16.1. The Balaban J connectivity index is 1.45. The van der Waals surface area contributed by atoms with Gasteiger partial charge in [0, 0.05) is 38.9 Å². The van der Waals surface area contributed by atoms with Crippen LogP contribution in [0.2, 0.25) is 0 Å². The van der Waals surface area contributed by atoms with Crippen LogP contribution in [0.5, 0.6) is 5.75 Å². The number of nitrogens with zero attached hydrogens (tertiary/aromatic N) is 2. The van der Waals surface area contributed by atoms with E-state index in [2.05, 4.69) is 69.1 Å². The van der Waals surface area contributed by atoms with E-state index in [9.17, 15) is 0 Å². The molecule has 0 unspecified atom stereocenters. The molecular weight excluding hydrogens is 336 g/mol. The molecule has 1 aliphatic heterocycles. The molecule has 27 heavy (non-hydrogen) atoms. The monoisotopic (exact) mass is 364 g/mol. The van der Waals surface area contributed by atoms with Crippen LogP contribution >= 0.6 is 0 Å². The molecule has 2 N–H and O–H groups in total. The summed E-state index contributed by atoms with van der Waals surface area (Å²) in [5, 5.41) is 6.77. The van der Waals surface area contributed by atoms with Crippen LogP contribution in [0.3, 0.4) is 0 Å². The van der Waals surface area contributed by atoms with E-state index >= 15 is 0 Å². The second-order valence-electron chi connectivity index (χ2n) is 6.50. The number of anilines is 1. The van der Waals surface area contributed by atoms with Crippen molar-refractivity contribution < 1.29 is 4.74 Å². The lowest BCUT2D eigenvalue weighted by Gasteiger charge is -2.19. The number of methoxy groups -OCH3 is 1. The maximum Gasteiger partial charge on any atom is 0.191 e. The lowest BCUT2D eigenvalue weighted by Crippen LogP contribution is -2.37. The van der Waals surface area contributed by atoms with Gasteiger partial charge in [-0.25, -0.2) is 0 Å². The topological polar surface area (TPSA) is 48.9 Å². The van der Waals surface area contributed by atoms with Crippen molar-refractivity contribution in [3.8, 4) is 5.75 Å². The Bertz CT molecular complexity index is 775.